The van der Waals surface area contributed by atoms with Crippen molar-refractivity contribution in [3.63, 3.8) is 0 Å². The first-order valence-electron chi connectivity index (χ1n) is 3.05. The second-order valence-electron chi connectivity index (χ2n) is 2.05. The first-order chi connectivity index (χ1) is 4.04. The molecule has 0 aliphatic carbocycles. The lowest BCUT2D eigenvalue weighted by atomic mass is 10.4. The van der Waals surface area contributed by atoms with Crippen molar-refractivity contribution in [2.75, 3.05) is 5.75 Å². The summed E-state index contributed by atoms with van der Waals surface area (Å²) in [5.41, 5.74) is 0. The van der Waals surface area contributed by atoms with E-state index in [1.165, 1.54) is 0 Å². The van der Waals surface area contributed by atoms with Gasteiger partial charge in [0.1, 0.15) is 0 Å². The number of rotatable bonds is 3. The molecule has 0 aliphatic rings. The van der Waals surface area contributed by atoms with Crippen LogP contribution in [0.5, 0.6) is 0 Å². The van der Waals surface area contributed by atoms with Gasteiger partial charge in [-0.05, 0) is 13.3 Å². The highest BCUT2D eigenvalue weighted by molar-refractivity contribution is 7.91. The monoisotopic (exact) mass is 149 g/mol. The number of sulfone groups is 1. The van der Waals surface area contributed by atoms with Crippen molar-refractivity contribution in [2.45, 2.75) is 25.5 Å². The summed E-state index contributed by atoms with van der Waals surface area (Å²) in [6.45, 7) is 6.86. The Bertz CT molecular complexity index is 158. The maximum absolute atomic E-state index is 10.9. The Morgan fingerprint density at radius 1 is 1.56 bits per heavy atom. The third-order valence-corrected chi connectivity index (χ3v) is 3.69. The molecular formula is C6H13O2S. The van der Waals surface area contributed by atoms with Gasteiger partial charge in [-0.3, -0.25) is 0 Å². The van der Waals surface area contributed by atoms with Gasteiger partial charge in [0.15, 0.2) is 9.84 Å². The van der Waals surface area contributed by atoms with E-state index in [2.05, 4.69) is 6.92 Å². The molecular weight excluding hydrogens is 136 g/mol. The Morgan fingerprint density at radius 3 is 2.11 bits per heavy atom. The van der Waals surface area contributed by atoms with Crippen LogP contribution in [0, 0.1) is 6.92 Å². The van der Waals surface area contributed by atoms with E-state index in [0.29, 0.717) is 6.42 Å². The molecule has 1 radical (unpaired) electrons. The van der Waals surface area contributed by atoms with Gasteiger partial charge >= 0.3 is 0 Å². The fraction of sp³-hybridized carbons (Fsp3) is 0.833. The molecule has 0 saturated carbocycles. The molecule has 0 spiro atoms. The molecule has 0 saturated heterocycles. The smallest absolute Gasteiger partial charge is 0.152 e. The molecule has 0 unspecified atom stereocenters. The zero-order chi connectivity index (χ0) is 7.49. The van der Waals surface area contributed by atoms with Crippen molar-refractivity contribution in [3.05, 3.63) is 6.92 Å². The largest absolute Gasteiger partial charge is 0.229 e. The zero-order valence-corrected chi connectivity index (χ0v) is 6.74. The van der Waals surface area contributed by atoms with Gasteiger partial charge in [0.25, 0.3) is 0 Å². The number of hydrogen-bond acceptors (Lipinski definition) is 2. The van der Waals surface area contributed by atoms with E-state index < -0.39 is 9.84 Å². The summed E-state index contributed by atoms with van der Waals surface area (Å²) in [5, 5.41) is -0.275. The van der Waals surface area contributed by atoms with Crippen molar-refractivity contribution in [3.8, 4) is 0 Å². The first-order valence-corrected chi connectivity index (χ1v) is 4.77. The summed E-state index contributed by atoms with van der Waals surface area (Å²) >= 11 is 0. The molecule has 0 fully saturated rings. The molecule has 0 heterocycles. The van der Waals surface area contributed by atoms with Crippen LogP contribution in [-0.2, 0) is 9.84 Å². The summed E-state index contributed by atoms with van der Waals surface area (Å²) in [6.07, 6.45) is 0.468. The van der Waals surface area contributed by atoms with Gasteiger partial charge in [0.2, 0.25) is 0 Å². The fourth-order valence-electron chi connectivity index (χ4n) is 0.464. The Kier molecular flexibility index (Phi) is 3.18. The topological polar surface area (TPSA) is 34.1 Å². The van der Waals surface area contributed by atoms with Crippen molar-refractivity contribution in [2.24, 2.45) is 0 Å². The molecule has 0 rings (SSSR count). The molecule has 0 aromatic carbocycles. The predicted molar refractivity (Wildman–Crippen MR) is 38.9 cm³/mol. The van der Waals surface area contributed by atoms with Crippen LogP contribution in [0.3, 0.4) is 0 Å². The maximum atomic E-state index is 10.9. The maximum Gasteiger partial charge on any atom is 0.152 e. The highest BCUT2D eigenvalue weighted by atomic mass is 32.2. The average molecular weight is 149 g/mol. The van der Waals surface area contributed by atoms with Crippen molar-refractivity contribution in [1.29, 1.82) is 0 Å². The van der Waals surface area contributed by atoms with Gasteiger partial charge in [0.05, 0.1) is 5.25 Å². The minimum atomic E-state index is -2.81. The zero-order valence-electron chi connectivity index (χ0n) is 5.92. The van der Waals surface area contributed by atoms with E-state index in [0.717, 1.165) is 0 Å². The van der Waals surface area contributed by atoms with Gasteiger partial charge < -0.3 is 0 Å². The van der Waals surface area contributed by atoms with Crippen LogP contribution in [0.25, 0.3) is 0 Å². The molecule has 0 N–H and O–H groups in total. The van der Waals surface area contributed by atoms with E-state index in [1.807, 2.05) is 0 Å². The van der Waals surface area contributed by atoms with Gasteiger partial charge in [-0.25, -0.2) is 8.42 Å². The van der Waals surface area contributed by atoms with Gasteiger partial charge in [-0.15, -0.1) is 0 Å². The van der Waals surface area contributed by atoms with Crippen molar-refractivity contribution >= 4 is 9.84 Å². The predicted octanol–water partition coefficient (Wildman–Crippen LogP) is 1.03. The molecule has 55 valence electrons. The summed E-state index contributed by atoms with van der Waals surface area (Å²) in [6, 6.07) is 0. The van der Waals surface area contributed by atoms with Crippen molar-refractivity contribution < 1.29 is 8.42 Å². The lowest BCUT2D eigenvalue weighted by molar-refractivity contribution is 0.585. The lowest BCUT2D eigenvalue weighted by Gasteiger charge is -2.06. The van der Waals surface area contributed by atoms with Crippen molar-refractivity contribution in [1.82, 2.24) is 0 Å². The molecule has 1 atom stereocenters. The van der Waals surface area contributed by atoms with Crippen LogP contribution < -0.4 is 0 Å². The average Bonchev–Trinajstić information content (AvgIpc) is 1.86. The molecule has 0 amide bonds. The third-order valence-electron chi connectivity index (χ3n) is 1.42. The van der Waals surface area contributed by atoms with Crippen LogP contribution >= 0.6 is 0 Å². The summed E-state index contributed by atoms with van der Waals surface area (Å²) in [5.74, 6) is 0.226. The van der Waals surface area contributed by atoms with Crippen LogP contribution in [0.15, 0.2) is 0 Å². The lowest BCUT2D eigenvalue weighted by Crippen LogP contribution is -2.18. The van der Waals surface area contributed by atoms with Crippen LogP contribution in [-0.4, -0.2) is 19.4 Å². The molecule has 0 bridgehead atoms. The van der Waals surface area contributed by atoms with Gasteiger partial charge in [-0.1, -0.05) is 13.8 Å². The molecule has 0 aromatic rings. The van der Waals surface area contributed by atoms with E-state index >= 15 is 0 Å². The summed E-state index contributed by atoms with van der Waals surface area (Å²) in [7, 11) is -2.81. The minimum Gasteiger partial charge on any atom is -0.229 e. The molecule has 3 heteroatoms. The van der Waals surface area contributed by atoms with Gasteiger partial charge in [0, 0.05) is 5.75 Å². The highest BCUT2D eigenvalue weighted by Gasteiger charge is 2.15. The van der Waals surface area contributed by atoms with Crippen LogP contribution in [0.4, 0.5) is 0 Å². The Morgan fingerprint density at radius 2 is 2.00 bits per heavy atom. The second kappa shape index (κ2) is 3.20. The standard InChI is InChI=1S/C6H13O2S/c1-4-6(3)9(7,8)5-2/h6H,1,4-5H2,2-3H3/t6-/m1/s1. The summed E-state index contributed by atoms with van der Waals surface area (Å²) < 4.78 is 21.8. The SMILES string of the molecule is [CH2]C[C@@H](C)S(=O)(=O)CC. The fourth-order valence-corrected chi connectivity index (χ4v) is 1.39. The van der Waals surface area contributed by atoms with E-state index in [9.17, 15) is 8.42 Å². The number of hydrogen-bond donors (Lipinski definition) is 0. The quantitative estimate of drug-likeness (QED) is 0.600. The molecule has 9 heavy (non-hydrogen) atoms. The van der Waals surface area contributed by atoms with E-state index in [4.69, 9.17) is 0 Å². The Hall–Kier alpha value is -0.0500. The molecule has 0 aliphatic heterocycles. The van der Waals surface area contributed by atoms with Gasteiger partial charge in [-0.2, -0.15) is 0 Å². The first kappa shape index (κ1) is 8.95. The minimum absolute atomic E-state index is 0.226. The normalized spacial score (nSPS) is 15.4. The third kappa shape index (κ3) is 2.35. The van der Waals surface area contributed by atoms with E-state index in [-0.39, 0.29) is 11.0 Å². The Balaban J connectivity index is 4.17. The van der Waals surface area contributed by atoms with Crippen LogP contribution in [0.1, 0.15) is 20.3 Å². The Labute approximate surface area is 57.2 Å². The molecule has 0 aromatic heterocycles. The second-order valence-corrected chi connectivity index (χ2v) is 4.76. The highest BCUT2D eigenvalue weighted by Crippen LogP contribution is 2.03. The summed E-state index contributed by atoms with van der Waals surface area (Å²) in [4.78, 5) is 0. The molecule has 2 nitrogen and oxygen atoms in total. The van der Waals surface area contributed by atoms with E-state index in [1.54, 1.807) is 13.8 Å². The van der Waals surface area contributed by atoms with Crippen LogP contribution in [0.2, 0.25) is 0 Å².